The molecule has 1 saturated heterocycles. The molecule has 6 atom stereocenters. The minimum Gasteiger partial charge on any atom is -0.469 e. The molecule has 6 aromatic rings. The summed E-state index contributed by atoms with van der Waals surface area (Å²) in [4.78, 5) is 149. The van der Waals surface area contributed by atoms with Crippen molar-refractivity contribution < 1.29 is 71.7 Å². The Hall–Kier alpha value is -11.1. The second-order valence-corrected chi connectivity index (χ2v) is 38.8. The van der Waals surface area contributed by atoms with E-state index < -0.39 is 32.5 Å². The molecule has 1 aliphatic heterocycles. The summed E-state index contributed by atoms with van der Waals surface area (Å²) in [5.74, 6) is -0.608. The average Bonchev–Trinajstić information content (AvgIpc) is 0.850. The lowest BCUT2D eigenvalue weighted by atomic mass is 9.88. The van der Waals surface area contributed by atoms with Crippen molar-refractivity contribution in [1.29, 1.82) is 0 Å². The molecule has 2 aliphatic rings. The number of likely N-dealkylation sites (tertiary alicyclic amines) is 1. The number of carbonyl (C=O) groups is 12. The Balaban J connectivity index is 0.000000421. The molecule has 0 bridgehead atoms. The van der Waals surface area contributed by atoms with Gasteiger partial charge in [0, 0.05) is 78.9 Å². The smallest absolute Gasteiger partial charge is 0.307 e. The molecule has 752 valence electrons. The number of hydrogen-bond donors (Lipinski definition) is 10. The van der Waals surface area contributed by atoms with Gasteiger partial charge in [0.25, 0.3) is 0 Å². The maximum atomic E-state index is 12.7. The number of benzene rings is 6. The van der Waals surface area contributed by atoms with E-state index in [2.05, 4.69) is 53.2 Å². The second kappa shape index (κ2) is 62.6. The van der Waals surface area contributed by atoms with Crippen molar-refractivity contribution in [3.05, 3.63) is 215 Å². The number of carbonyl (C=O) groups excluding carboxylic acids is 12. The predicted molar refractivity (Wildman–Crippen MR) is 542 cm³/mol. The molecular formula is C110H167N11O15. The zero-order chi connectivity index (χ0) is 102. The van der Waals surface area contributed by atoms with Crippen LogP contribution in [0.5, 0.6) is 0 Å². The summed E-state index contributed by atoms with van der Waals surface area (Å²) in [7, 11) is 4.56. The molecule has 1 saturated carbocycles. The van der Waals surface area contributed by atoms with Crippen LogP contribution in [0.3, 0.4) is 0 Å². The van der Waals surface area contributed by atoms with Crippen LogP contribution in [0.4, 0.5) is 0 Å². The van der Waals surface area contributed by atoms with Crippen LogP contribution in [0.1, 0.15) is 330 Å². The third-order valence-electron chi connectivity index (χ3n) is 25.9. The average molecular weight is 1880 g/mol. The fraction of sp³-hybridized carbons (Fsp3) is 0.564. The predicted octanol–water partition coefficient (Wildman–Crippen LogP) is 18.3. The van der Waals surface area contributed by atoms with E-state index in [1.165, 1.54) is 32.8 Å². The lowest BCUT2D eigenvalue weighted by molar-refractivity contribution is -0.142. The maximum absolute atomic E-state index is 12.7. The van der Waals surface area contributed by atoms with Gasteiger partial charge < -0.3 is 72.3 Å². The number of amides is 11. The van der Waals surface area contributed by atoms with Crippen molar-refractivity contribution in [3.8, 4) is 0 Å². The van der Waals surface area contributed by atoms with E-state index in [1.54, 1.807) is 14.2 Å². The van der Waals surface area contributed by atoms with E-state index in [9.17, 15) is 57.5 Å². The molecule has 1 aliphatic carbocycles. The number of rotatable bonds is 44. The fourth-order valence-electron chi connectivity index (χ4n) is 13.6. The minimum atomic E-state index is -0.474. The molecular weight excluding hydrogens is 1720 g/mol. The Kier molecular flexibility index (Phi) is 54.8. The Bertz CT molecular complexity index is 4420. The van der Waals surface area contributed by atoms with Crippen LogP contribution < -0.4 is 53.2 Å². The van der Waals surface area contributed by atoms with Crippen molar-refractivity contribution >= 4 is 70.9 Å². The lowest BCUT2D eigenvalue weighted by Gasteiger charge is -2.30. The van der Waals surface area contributed by atoms with Gasteiger partial charge in [-0.15, -0.1) is 0 Å². The largest absolute Gasteiger partial charge is 0.469 e. The molecule has 8 rings (SSSR count). The van der Waals surface area contributed by atoms with Gasteiger partial charge in [-0.2, -0.15) is 0 Å². The molecule has 11 amide bonds. The Morgan fingerprint density at radius 3 is 0.860 bits per heavy atom. The summed E-state index contributed by atoms with van der Waals surface area (Å²) in [6, 6.07) is 56.2. The van der Waals surface area contributed by atoms with Gasteiger partial charge in [0.1, 0.15) is 0 Å². The highest BCUT2D eigenvalue weighted by molar-refractivity contribution is 5.88. The standard InChI is InChI=1S/C21H32N2O2.C20H32N2O4.C20H30N2O2.C17H26N2O2.C16H24N2O2.C16H23NO3/c1-4-21(2,3)20(25)23-18(16-11-7-5-8-12-16)15-19(24)22-17-13-9-6-10-14-17;1-5-20(2,3)19(24)22-17(16-9-7-6-8-10-16)15-18(23)21-11-12-26-14-13-25-4;1-4-20(2,3)19(24)21-17(16-11-7-5-8-12-16)15-18(23)22-13-9-6-10-14-22;1-5-17(3,4)16(21)19-14(12-15(20)18-6-2)13-10-8-7-9-11-13;1-5-16(2,3)15(20)18-13(11-14(19)17-4)12-9-7-6-8-10-12;1-5-16(2,3)15(19)17-13(11-14(18)20-4)12-9-7-6-8-10-12/h5,7-8,11-12,17-18H,4,6,9-10,13-15H2,1-3H3,(H,22,24)(H,23,25);6-10,17H,5,11-15H2,1-4H3,(H,21,23)(H,22,24);5,7-8,11-12,17H,4,6,9-10,13-15H2,1-3H3,(H,21,24);7-11,14H,5-6,12H2,1-4H3,(H,18,20)(H,19,21);6-10,13H,5,11H2,1-4H3,(H,17,19)(H,18,20);6-10,13H,5,11H2,1-4H3,(H,17,19)/t18-;2*17-;14-;2*13-/m000000/s1. The van der Waals surface area contributed by atoms with Gasteiger partial charge in [0.05, 0.1) is 102 Å². The third kappa shape index (κ3) is 44.8. The zero-order valence-electron chi connectivity index (χ0n) is 86.0. The molecule has 1 heterocycles. The Morgan fingerprint density at radius 1 is 0.324 bits per heavy atom. The van der Waals surface area contributed by atoms with E-state index in [-0.39, 0.29) is 139 Å². The van der Waals surface area contributed by atoms with Crippen LogP contribution in [0, 0.1) is 32.5 Å². The van der Waals surface area contributed by atoms with E-state index in [4.69, 9.17) is 14.2 Å². The third-order valence-corrected chi connectivity index (χ3v) is 25.9. The summed E-state index contributed by atoms with van der Waals surface area (Å²) in [5.41, 5.74) is 3.00. The van der Waals surface area contributed by atoms with Gasteiger partial charge in [-0.05, 0) is 111 Å². The SMILES string of the molecule is CCC(C)(C)C(=O)N[C@@H](CC(=O)N1CCCCC1)c1ccccc1.CCC(C)(C)C(=O)N[C@@H](CC(=O)NC)c1ccccc1.CCC(C)(C)C(=O)N[C@@H](CC(=O)NC1CCCCC1)c1ccccc1.CCC(C)(C)C(=O)N[C@@H](CC(=O)NCCOCCOC)c1ccccc1.CCC(C)(C)C(=O)N[C@@H](CC(=O)OC)c1ccccc1.CCNC(=O)C[C@H](NC(=O)C(C)(C)CC)c1ccccc1. The van der Waals surface area contributed by atoms with Gasteiger partial charge in [0.15, 0.2) is 0 Å². The quantitative estimate of drug-likeness (QED) is 0.0126. The zero-order valence-corrected chi connectivity index (χ0v) is 86.0. The van der Waals surface area contributed by atoms with Crippen LogP contribution in [0.15, 0.2) is 182 Å². The molecule has 0 spiro atoms. The van der Waals surface area contributed by atoms with E-state index in [0.29, 0.717) is 45.4 Å². The van der Waals surface area contributed by atoms with Crippen molar-refractivity contribution in [1.82, 2.24) is 58.1 Å². The number of piperidine rings is 1. The summed E-state index contributed by atoms with van der Waals surface area (Å²) in [5, 5.41) is 29.5. The molecule has 0 aromatic heterocycles. The molecule has 0 radical (unpaired) electrons. The first-order chi connectivity index (χ1) is 64.5. The molecule has 0 unspecified atom stereocenters. The number of ether oxygens (including phenoxy) is 3. The van der Waals surface area contributed by atoms with E-state index in [1.807, 2.05) is 318 Å². The van der Waals surface area contributed by atoms with E-state index >= 15 is 0 Å². The van der Waals surface area contributed by atoms with Crippen LogP contribution in [0.2, 0.25) is 0 Å². The Labute approximate surface area is 813 Å². The van der Waals surface area contributed by atoms with Crippen LogP contribution in [-0.2, 0) is 71.7 Å². The summed E-state index contributed by atoms with van der Waals surface area (Å²) in [6.45, 7) is 41.0. The van der Waals surface area contributed by atoms with Crippen molar-refractivity contribution in [2.45, 2.75) is 302 Å². The van der Waals surface area contributed by atoms with Crippen molar-refractivity contribution in [2.75, 3.05) is 67.3 Å². The Morgan fingerprint density at radius 2 is 0.588 bits per heavy atom. The number of esters is 1. The highest BCUT2D eigenvalue weighted by Gasteiger charge is 2.36. The molecule has 10 N–H and O–H groups in total. The van der Waals surface area contributed by atoms with Crippen LogP contribution in [-0.4, -0.2) is 149 Å². The number of nitrogens with one attached hydrogen (secondary N) is 10. The van der Waals surface area contributed by atoms with Gasteiger partial charge in [-0.1, -0.05) is 326 Å². The first kappa shape index (κ1) is 119. The van der Waals surface area contributed by atoms with Crippen LogP contribution >= 0.6 is 0 Å². The van der Waals surface area contributed by atoms with Gasteiger partial charge >= 0.3 is 5.97 Å². The number of methoxy groups -OCH3 is 2. The molecule has 2 fully saturated rings. The monoisotopic (exact) mass is 1880 g/mol. The maximum Gasteiger partial charge on any atom is 0.307 e. The lowest BCUT2D eigenvalue weighted by Crippen LogP contribution is -2.42. The summed E-state index contributed by atoms with van der Waals surface area (Å²) in [6.07, 6.45) is 15.1. The van der Waals surface area contributed by atoms with E-state index in [0.717, 1.165) is 111 Å². The van der Waals surface area contributed by atoms with Crippen molar-refractivity contribution in [3.63, 3.8) is 0 Å². The normalized spacial score (nSPS) is 14.1. The van der Waals surface area contributed by atoms with Gasteiger partial charge in [0.2, 0.25) is 65.0 Å². The topological polar surface area (TPSA) is 356 Å². The summed E-state index contributed by atoms with van der Waals surface area (Å²) < 4.78 is 14.9. The fourth-order valence-corrected chi connectivity index (χ4v) is 13.6. The number of hydrogen-bond acceptors (Lipinski definition) is 15. The molecule has 6 aromatic carbocycles. The first-order valence-corrected chi connectivity index (χ1v) is 49.1. The van der Waals surface area contributed by atoms with Gasteiger partial charge in [-0.3, -0.25) is 57.5 Å². The minimum absolute atomic E-state index is 0.00490. The highest BCUT2D eigenvalue weighted by atomic mass is 16.5. The van der Waals surface area contributed by atoms with Gasteiger partial charge in [-0.25, -0.2) is 0 Å². The number of nitrogens with zero attached hydrogens (tertiary/aromatic N) is 1. The summed E-state index contributed by atoms with van der Waals surface area (Å²) >= 11 is 0. The first-order valence-electron chi connectivity index (χ1n) is 49.1. The highest BCUT2D eigenvalue weighted by Crippen LogP contribution is 2.32. The molecule has 136 heavy (non-hydrogen) atoms. The molecule has 26 nitrogen and oxygen atoms in total. The molecule has 26 heteroatoms. The van der Waals surface area contributed by atoms with Crippen LogP contribution in [0.25, 0.3) is 0 Å². The van der Waals surface area contributed by atoms with Crippen molar-refractivity contribution in [2.24, 2.45) is 32.5 Å². The second-order valence-electron chi connectivity index (χ2n) is 38.8.